The lowest BCUT2D eigenvalue weighted by atomic mass is 10.2. The fourth-order valence-electron chi connectivity index (χ4n) is 2.21. The first-order valence-corrected chi connectivity index (χ1v) is 8.45. The highest BCUT2D eigenvalue weighted by atomic mass is 79.9. The summed E-state index contributed by atoms with van der Waals surface area (Å²) in [6.45, 7) is 1.03. The number of benzene rings is 2. The van der Waals surface area contributed by atoms with Gasteiger partial charge in [-0.25, -0.2) is 4.99 Å². The van der Waals surface area contributed by atoms with E-state index < -0.39 is 0 Å². The molecule has 0 aliphatic carbocycles. The average Bonchev–Trinajstić information content (AvgIpc) is 2.62. The molecule has 0 amide bonds. The fraction of sp³-hybridized carbons (Fsp3) is 0.211. The van der Waals surface area contributed by atoms with Crippen molar-refractivity contribution in [3.63, 3.8) is 0 Å². The highest BCUT2D eigenvalue weighted by Crippen LogP contribution is 2.19. The Kier molecular flexibility index (Phi) is 5.61. The molecule has 1 aliphatic rings. The van der Waals surface area contributed by atoms with Gasteiger partial charge in [0.05, 0.1) is 11.4 Å². The van der Waals surface area contributed by atoms with Gasteiger partial charge in [-0.3, -0.25) is 0 Å². The third-order valence-electron chi connectivity index (χ3n) is 3.44. The first-order valence-electron chi connectivity index (χ1n) is 7.53. The molecule has 1 aliphatic heterocycles. The molecule has 0 fully saturated rings. The Morgan fingerprint density at radius 1 is 0.870 bits per heavy atom. The molecule has 0 N–H and O–H groups in total. The Hall–Kier alpha value is -1.91. The van der Waals surface area contributed by atoms with Crippen molar-refractivity contribution in [1.29, 1.82) is 0 Å². The molecule has 3 nitrogen and oxygen atoms in total. The Bertz CT molecular complexity index is 670. The summed E-state index contributed by atoms with van der Waals surface area (Å²) in [5.41, 5.74) is 2.25. The molecule has 118 valence electrons. The minimum Gasteiger partial charge on any atom is -0.473 e. The second kappa shape index (κ2) is 8.09. The van der Waals surface area contributed by atoms with Gasteiger partial charge in [0.25, 0.3) is 0 Å². The summed E-state index contributed by atoms with van der Waals surface area (Å²) in [7, 11) is 0. The van der Waals surface area contributed by atoms with Crippen LogP contribution in [-0.4, -0.2) is 17.0 Å². The van der Waals surface area contributed by atoms with Crippen LogP contribution in [0.15, 0.2) is 77.8 Å². The molecule has 2 aromatic rings. The SMILES string of the molecule is BrC1C=CC(OCc2ccccc2)=NC1OCc1ccccc1. The number of nitrogens with zero attached hydrogens (tertiary/aromatic N) is 1. The number of aliphatic imine (C=N–C) groups is 1. The largest absolute Gasteiger partial charge is 0.473 e. The van der Waals surface area contributed by atoms with Gasteiger partial charge in [0.1, 0.15) is 6.61 Å². The van der Waals surface area contributed by atoms with E-state index in [1.54, 1.807) is 0 Å². The van der Waals surface area contributed by atoms with Crippen molar-refractivity contribution in [3.8, 4) is 0 Å². The minimum atomic E-state index is -0.286. The van der Waals surface area contributed by atoms with Crippen LogP contribution in [0.1, 0.15) is 11.1 Å². The lowest BCUT2D eigenvalue weighted by Gasteiger charge is -2.21. The van der Waals surface area contributed by atoms with Gasteiger partial charge in [-0.05, 0) is 17.2 Å². The Morgan fingerprint density at radius 3 is 2.13 bits per heavy atom. The summed E-state index contributed by atoms with van der Waals surface area (Å²) in [6.07, 6.45) is 3.60. The number of ether oxygens (including phenoxy) is 2. The van der Waals surface area contributed by atoms with E-state index in [2.05, 4.69) is 20.9 Å². The molecule has 0 bridgehead atoms. The monoisotopic (exact) mass is 371 g/mol. The zero-order valence-electron chi connectivity index (χ0n) is 12.6. The van der Waals surface area contributed by atoms with Gasteiger partial charge < -0.3 is 9.47 Å². The van der Waals surface area contributed by atoms with E-state index in [1.165, 1.54) is 0 Å². The van der Waals surface area contributed by atoms with Crippen LogP contribution in [0.2, 0.25) is 0 Å². The summed E-state index contributed by atoms with van der Waals surface area (Å²) in [5, 5.41) is 0. The van der Waals surface area contributed by atoms with Gasteiger partial charge in [-0.15, -0.1) is 0 Å². The number of alkyl halides is 1. The summed E-state index contributed by atoms with van der Waals surface area (Å²) < 4.78 is 11.7. The Labute approximate surface area is 144 Å². The molecule has 2 atom stereocenters. The molecule has 2 aromatic carbocycles. The van der Waals surface area contributed by atoms with Crippen molar-refractivity contribution < 1.29 is 9.47 Å². The predicted octanol–water partition coefficient (Wildman–Crippen LogP) is 4.48. The maximum Gasteiger partial charge on any atom is 0.211 e. The zero-order chi connectivity index (χ0) is 15.9. The van der Waals surface area contributed by atoms with E-state index in [0.29, 0.717) is 19.1 Å². The fourth-order valence-corrected chi connectivity index (χ4v) is 2.63. The van der Waals surface area contributed by atoms with Crippen LogP contribution >= 0.6 is 15.9 Å². The van der Waals surface area contributed by atoms with Crippen LogP contribution in [0, 0.1) is 0 Å². The third kappa shape index (κ3) is 4.78. The average molecular weight is 372 g/mol. The minimum absolute atomic E-state index is 0.0512. The van der Waals surface area contributed by atoms with Crippen molar-refractivity contribution in [1.82, 2.24) is 0 Å². The smallest absolute Gasteiger partial charge is 0.211 e. The van der Waals surface area contributed by atoms with E-state index in [4.69, 9.17) is 9.47 Å². The number of hydrogen-bond donors (Lipinski definition) is 0. The van der Waals surface area contributed by atoms with Crippen molar-refractivity contribution in [2.75, 3.05) is 0 Å². The number of halogens is 1. The highest BCUT2D eigenvalue weighted by Gasteiger charge is 2.21. The molecule has 4 heteroatoms. The zero-order valence-corrected chi connectivity index (χ0v) is 14.2. The van der Waals surface area contributed by atoms with Crippen molar-refractivity contribution in [2.24, 2.45) is 4.99 Å². The van der Waals surface area contributed by atoms with Crippen molar-refractivity contribution in [2.45, 2.75) is 24.3 Å². The second-order valence-electron chi connectivity index (χ2n) is 5.23. The quantitative estimate of drug-likeness (QED) is 0.725. The summed E-state index contributed by atoms with van der Waals surface area (Å²) in [4.78, 5) is 4.58. The van der Waals surface area contributed by atoms with Crippen molar-refractivity contribution >= 4 is 21.8 Å². The lowest BCUT2D eigenvalue weighted by Crippen LogP contribution is -2.26. The van der Waals surface area contributed by atoms with Gasteiger partial charge in [-0.1, -0.05) is 82.7 Å². The van der Waals surface area contributed by atoms with Crippen LogP contribution in [0.5, 0.6) is 0 Å². The van der Waals surface area contributed by atoms with Crippen molar-refractivity contribution in [3.05, 3.63) is 83.9 Å². The molecule has 3 rings (SSSR count). The van der Waals surface area contributed by atoms with E-state index in [9.17, 15) is 0 Å². The molecule has 23 heavy (non-hydrogen) atoms. The van der Waals surface area contributed by atoms with Crippen LogP contribution in [-0.2, 0) is 22.7 Å². The Balaban J connectivity index is 1.57. The van der Waals surface area contributed by atoms with Crippen LogP contribution in [0.4, 0.5) is 0 Å². The molecular formula is C19H18BrNO2. The maximum absolute atomic E-state index is 5.90. The molecule has 0 radical (unpaired) electrons. The molecular weight excluding hydrogens is 354 g/mol. The third-order valence-corrected chi connectivity index (χ3v) is 4.20. The summed E-state index contributed by atoms with van der Waals surface area (Å²) in [5.74, 6) is 0.600. The van der Waals surface area contributed by atoms with Gasteiger partial charge in [0.2, 0.25) is 5.90 Å². The molecule has 0 saturated heterocycles. The van der Waals surface area contributed by atoms with Crippen LogP contribution in [0.25, 0.3) is 0 Å². The first-order chi connectivity index (χ1) is 11.3. The Morgan fingerprint density at radius 2 is 1.48 bits per heavy atom. The molecule has 0 saturated carbocycles. The molecule has 2 unspecified atom stereocenters. The molecule has 0 aromatic heterocycles. The number of hydrogen-bond acceptors (Lipinski definition) is 3. The summed E-state index contributed by atoms with van der Waals surface area (Å²) >= 11 is 3.58. The van der Waals surface area contributed by atoms with Crippen LogP contribution in [0.3, 0.4) is 0 Å². The van der Waals surface area contributed by atoms with E-state index >= 15 is 0 Å². The number of rotatable bonds is 5. The molecule has 1 heterocycles. The first kappa shape index (κ1) is 16.0. The van der Waals surface area contributed by atoms with E-state index in [1.807, 2.05) is 72.8 Å². The lowest BCUT2D eigenvalue weighted by molar-refractivity contribution is 0.0500. The standard InChI is InChI=1S/C19H18BrNO2/c20-17-11-12-18(22-13-15-7-3-1-4-8-15)21-19(17)23-14-16-9-5-2-6-10-16/h1-12,17,19H,13-14H2. The van der Waals surface area contributed by atoms with Gasteiger partial charge in [0, 0.05) is 0 Å². The van der Waals surface area contributed by atoms with E-state index in [0.717, 1.165) is 11.1 Å². The normalized spacial score (nSPS) is 20.1. The number of dihydropyridines is 1. The highest BCUT2D eigenvalue weighted by molar-refractivity contribution is 9.09. The maximum atomic E-state index is 5.90. The van der Waals surface area contributed by atoms with Gasteiger partial charge in [0.15, 0.2) is 6.23 Å². The molecule has 0 spiro atoms. The van der Waals surface area contributed by atoms with E-state index in [-0.39, 0.29) is 11.1 Å². The topological polar surface area (TPSA) is 30.8 Å². The van der Waals surface area contributed by atoms with Gasteiger partial charge in [-0.2, -0.15) is 0 Å². The van der Waals surface area contributed by atoms with Crippen LogP contribution < -0.4 is 0 Å². The summed E-state index contributed by atoms with van der Waals surface area (Å²) in [6, 6.07) is 20.1. The predicted molar refractivity (Wildman–Crippen MR) is 95.5 cm³/mol. The van der Waals surface area contributed by atoms with Gasteiger partial charge >= 0.3 is 0 Å². The second-order valence-corrected chi connectivity index (χ2v) is 6.29.